The lowest BCUT2D eigenvalue weighted by atomic mass is 9.78. The van der Waals surface area contributed by atoms with Crippen molar-refractivity contribution in [2.24, 2.45) is 0 Å². The second kappa shape index (κ2) is 8.48. The SMILES string of the molecule is c1ccc2c(c1)-c1ccccc1N1c3c-2ccc2c3C3(c4c(ccc5c4-n4c6c(cccc6c6ccc[n+]3c64)-c3ccccc3-5)O2)[n+]2ccccc21. The predicted molar refractivity (Wildman–Crippen MR) is 203 cm³/mol. The van der Waals surface area contributed by atoms with Crippen molar-refractivity contribution in [3.63, 3.8) is 0 Å². The number of para-hydroxylation sites is 2. The highest BCUT2D eigenvalue weighted by Crippen LogP contribution is 2.63. The van der Waals surface area contributed by atoms with Crippen LogP contribution in [0.4, 0.5) is 17.2 Å². The second-order valence-electron chi connectivity index (χ2n) is 14.5. The maximum Gasteiger partial charge on any atom is 0.321 e. The first-order valence-electron chi connectivity index (χ1n) is 18.0. The van der Waals surface area contributed by atoms with Crippen molar-refractivity contribution >= 4 is 39.1 Å². The van der Waals surface area contributed by atoms with Crippen molar-refractivity contribution in [1.29, 1.82) is 0 Å². The average Bonchev–Trinajstić information content (AvgIpc) is 3.41. The van der Waals surface area contributed by atoms with E-state index >= 15 is 0 Å². The average molecular weight is 663 g/mol. The van der Waals surface area contributed by atoms with E-state index in [0.29, 0.717) is 0 Å². The van der Waals surface area contributed by atoms with Gasteiger partial charge in [-0.25, -0.2) is 0 Å². The Balaban J connectivity index is 1.28. The quantitative estimate of drug-likeness (QED) is 0.151. The Morgan fingerprint density at radius 1 is 0.442 bits per heavy atom. The number of benzene rings is 6. The summed E-state index contributed by atoms with van der Waals surface area (Å²) in [6.07, 6.45) is 4.58. The van der Waals surface area contributed by atoms with Gasteiger partial charge in [0.1, 0.15) is 33.8 Å². The molecular formula is C47H26N4O+2. The molecule has 0 N–H and O–H groups in total. The van der Waals surface area contributed by atoms with Crippen molar-refractivity contribution in [2.45, 2.75) is 5.66 Å². The molecule has 0 bridgehead atoms. The summed E-state index contributed by atoms with van der Waals surface area (Å²) in [5.41, 5.74) is 17.2. The molecule has 5 heteroatoms. The molecule has 3 aromatic heterocycles. The molecule has 1 atom stereocenters. The number of anilines is 3. The molecule has 6 aromatic carbocycles. The summed E-state index contributed by atoms with van der Waals surface area (Å²) < 4.78 is 14.8. The van der Waals surface area contributed by atoms with Gasteiger partial charge in [-0.2, -0.15) is 18.6 Å². The number of hydrogen-bond acceptors (Lipinski definition) is 2. The van der Waals surface area contributed by atoms with E-state index in [9.17, 15) is 0 Å². The molecule has 0 amide bonds. The lowest BCUT2D eigenvalue weighted by Crippen LogP contribution is -2.78. The summed E-state index contributed by atoms with van der Waals surface area (Å²) in [6.45, 7) is 0. The normalized spacial score (nSPS) is 16.7. The molecule has 1 unspecified atom stereocenters. The summed E-state index contributed by atoms with van der Waals surface area (Å²) in [5.74, 6) is 2.85. The topological polar surface area (TPSA) is 25.2 Å². The van der Waals surface area contributed by atoms with E-state index in [4.69, 9.17) is 4.74 Å². The summed E-state index contributed by atoms with van der Waals surface area (Å²) in [5, 5.41) is 2.49. The van der Waals surface area contributed by atoms with E-state index in [-0.39, 0.29) is 0 Å². The second-order valence-corrected chi connectivity index (χ2v) is 14.5. The Kier molecular flexibility index (Phi) is 4.23. The largest absolute Gasteiger partial charge is 0.456 e. The number of fused-ring (bicyclic) bond motifs is 11. The molecule has 0 saturated carbocycles. The highest BCUT2D eigenvalue weighted by atomic mass is 16.5. The predicted octanol–water partition coefficient (Wildman–Crippen LogP) is 10.2. The van der Waals surface area contributed by atoms with E-state index in [1.165, 1.54) is 72.1 Å². The molecular weight excluding hydrogens is 637 g/mol. The highest BCUT2D eigenvalue weighted by Gasteiger charge is 2.66. The minimum absolute atomic E-state index is 0.815. The van der Waals surface area contributed by atoms with Crippen LogP contribution in [0.25, 0.3) is 72.1 Å². The molecule has 1 spiro atoms. The number of hydrogen-bond donors (Lipinski definition) is 0. The van der Waals surface area contributed by atoms with Gasteiger partial charge in [0, 0.05) is 33.7 Å². The minimum Gasteiger partial charge on any atom is -0.456 e. The third kappa shape index (κ3) is 2.60. The Labute approximate surface area is 298 Å². The zero-order chi connectivity index (χ0) is 33.4. The lowest BCUT2D eigenvalue weighted by molar-refractivity contribution is -0.958. The molecule has 14 rings (SSSR count). The van der Waals surface area contributed by atoms with E-state index < -0.39 is 5.66 Å². The van der Waals surface area contributed by atoms with Crippen LogP contribution in [0.1, 0.15) is 11.1 Å². The van der Waals surface area contributed by atoms with Crippen LogP contribution in [0.5, 0.6) is 11.5 Å². The first kappa shape index (κ1) is 25.9. The van der Waals surface area contributed by atoms with Crippen LogP contribution >= 0.6 is 0 Å². The van der Waals surface area contributed by atoms with Gasteiger partial charge in [0.2, 0.25) is 0 Å². The third-order valence-electron chi connectivity index (χ3n) is 12.3. The smallest absolute Gasteiger partial charge is 0.321 e. The van der Waals surface area contributed by atoms with Crippen LogP contribution in [-0.4, -0.2) is 4.57 Å². The molecule has 0 radical (unpaired) electrons. The standard InChI is InChI=1S/C47H26N4O/c1-2-12-28-27(11-1)31-15-5-6-19-37(31)50-40-20-7-8-25-48(40)47-41-38(23-21-34(28)44(41)50)52-39-24-22-35-30-14-4-3-13-29(30)32-16-9-17-33-36-18-10-26-49(47)46(36)51(43(32)33)45(35)42(39)47/h1-26H/q+2. The van der Waals surface area contributed by atoms with Crippen molar-refractivity contribution in [3.8, 4) is 61.7 Å². The number of pyridine rings is 2. The van der Waals surface area contributed by atoms with Crippen molar-refractivity contribution < 1.29 is 13.9 Å². The van der Waals surface area contributed by atoms with Gasteiger partial charge < -0.3 is 4.74 Å². The number of ether oxygens (including phenoxy) is 1. The molecule has 0 fully saturated rings. The van der Waals surface area contributed by atoms with Crippen LogP contribution in [0.2, 0.25) is 0 Å². The fraction of sp³-hybridized carbons (Fsp3) is 0.0213. The molecule has 8 heterocycles. The first-order valence-corrected chi connectivity index (χ1v) is 18.0. The summed E-state index contributed by atoms with van der Waals surface area (Å²) in [4.78, 5) is 2.49. The van der Waals surface area contributed by atoms with E-state index in [2.05, 4.69) is 177 Å². The zero-order valence-electron chi connectivity index (χ0n) is 27.7. The maximum atomic E-state index is 7.21. The van der Waals surface area contributed by atoms with Crippen molar-refractivity contribution in [1.82, 2.24) is 4.57 Å². The molecule has 5 nitrogen and oxygen atoms in total. The zero-order valence-corrected chi connectivity index (χ0v) is 27.7. The first-order chi connectivity index (χ1) is 25.8. The number of rotatable bonds is 0. The molecule has 5 aliphatic rings. The van der Waals surface area contributed by atoms with Gasteiger partial charge in [0.15, 0.2) is 11.4 Å². The van der Waals surface area contributed by atoms with Crippen LogP contribution in [0.15, 0.2) is 158 Å². The van der Waals surface area contributed by atoms with Crippen molar-refractivity contribution in [3.05, 3.63) is 169 Å². The van der Waals surface area contributed by atoms with Gasteiger partial charge in [-0.1, -0.05) is 84.9 Å². The van der Waals surface area contributed by atoms with Crippen LogP contribution in [0, 0.1) is 0 Å². The molecule has 9 aromatic rings. The van der Waals surface area contributed by atoms with Gasteiger partial charge in [-0.15, -0.1) is 0 Å². The van der Waals surface area contributed by atoms with E-state index in [1.807, 2.05) is 0 Å². The Morgan fingerprint density at radius 3 is 1.83 bits per heavy atom. The van der Waals surface area contributed by atoms with Gasteiger partial charge in [-0.3, -0.25) is 0 Å². The number of nitrogens with zero attached hydrogens (tertiary/aromatic N) is 4. The lowest BCUT2D eigenvalue weighted by Gasteiger charge is -2.44. The highest BCUT2D eigenvalue weighted by molar-refractivity contribution is 6.16. The molecule has 0 saturated heterocycles. The maximum absolute atomic E-state index is 7.21. The van der Waals surface area contributed by atoms with Gasteiger partial charge in [0.05, 0.1) is 17.8 Å². The molecule has 0 aliphatic carbocycles. The van der Waals surface area contributed by atoms with Crippen molar-refractivity contribution in [2.75, 3.05) is 4.90 Å². The van der Waals surface area contributed by atoms with E-state index in [0.717, 1.165) is 39.8 Å². The van der Waals surface area contributed by atoms with Crippen LogP contribution < -0.4 is 18.8 Å². The van der Waals surface area contributed by atoms with Crippen LogP contribution in [0.3, 0.4) is 0 Å². The number of aromatic nitrogens is 3. The van der Waals surface area contributed by atoms with E-state index in [1.54, 1.807) is 0 Å². The fourth-order valence-electron chi connectivity index (χ4n) is 10.5. The Bertz CT molecular complexity index is 3190. The van der Waals surface area contributed by atoms with Gasteiger partial charge in [0.25, 0.3) is 11.5 Å². The van der Waals surface area contributed by atoms with Gasteiger partial charge >= 0.3 is 5.66 Å². The fourth-order valence-corrected chi connectivity index (χ4v) is 10.5. The molecule has 5 aliphatic heterocycles. The third-order valence-corrected chi connectivity index (χ3v) is 12.3. The summed E-state index contributed by atoms with van der Waals surface area (Å²) in [7, 11) is 0. The minimum atomic E-state index is -0.815. The molecule has 238 valence electrons. The molecule has 52 heavy (non-hydrogen) atoms. The van der Waals surface area contributed by atoms with Gasteiger partial charge in [-0.05, 0) is 76.9 Å². The summed E-state index contributed by atoms with van der Waals surface area (Å²) >= 11 is 0. The summed E-state index contributed by atoms with van der Waals surface area (Å²) in [6, 6.07) is 53.6. The monoisotopic (exact) mass is 662 g/mol. The van der Waals surface area contributed by atoms with Crippen LogP contribution in [-0.2, 0) is 5.66 Å². The Morgan fingerprint density at radius 2 is 1.04 bits per heavy atom. The Hall–Kier alpha value is -6.98.